The van der Waals surface area contributed by atoms with Crippen LogP contribution in [0.2, 0.25) is 0 Å². The first-order chi connectivity index (χ1) is 13.0. The van der Waals surface area contributed by atoms with E-state index < -0.39 is 6.10 Å². The summed E-state index contributed by atoms with van der Waals surface area (Å²) in [5, 5.41) is 14.2. The van der Waals surface area contributed by atoms with E-state index in [0.717, 1.165) is 36.3 Å². The fourth-order valence-corrected chi connectivity index (χ4v) is 3.88. The maximum Gasteiger partial charge on any atom is 0.266 e. The van der Waals surface area contributed by atoms with Crippen LogP contribution in [0.25, 0.3) is 0 Å². The highest BCUT2D eigenvalue weighted by atomic mass is 16.6. The summed E-state index contributed by atoms with van der Waals surface area (Å²) in [5.74, 6) is 1.14. The zero-order valence-corrected chi connectivity index (χ0v) is 16.5. The van der Waals surface area contributed by atoms with Crippen molar-refractivity contribution in [2.75, 3.05) is 26.8 Å². The molecule has 2 aliphatic heterocycles. The first-order valence-electron chi connectivity index (χ1n) is 9.71. The number of rotatable bonds is 6. The van der Waals surface area contributed by atoms with Crippen molar-refractivity contribution in [3.05, 3.63) is 29.8 Å². The number of hydrogen-bond donors (Lipinski definition) is 1. The van der Waals surface area contributed by atoms with Gasteiger partial charge in [0.2, 0.25) is 6.10 Å². The molecule has 2 aliphatic rings. The third-order valence-corrected chi connectivity index (χ3v) is 5.82. The Morgan fingerprint density at radius 2 is 2.15 bits per heavy atom. The zero-order chi connectivity index (χ0) is 19.4. The van der Waals surface area contributed by atoms with Crippen molar-refractivity contribution >= 4 is 11.6 Å². The third kappa shape index (κ3) is 4.43. The van der Waals surface area contributed by atoms with Gasteiger partial charge >= 0.3 is 0 Å². The van der Waals surface area contributed by atoms with Crippen molar-refractivity contribution in [3.63, 3.8) is 0 Å². The van der Waals surface area contributed by atoms with Crippen LogP contribution in [-0.4, -0.2) is 54.5 Å². The van der Waals surface area contributed by atoms with Crippen molar-refractivity contribution in [3.8, 4) is 5.75 Å². The van der Waals surface area contributed by atoms with Crippen LogP contribution in [0.15, 0.2) is 29.4 Å². The number of hydrogen-bond acceptors (Lipinski definition) is 5. The standard InChI is InChI=1S/C21H30N2O4/c1-15(2)18-12-19(27-22-18)20(25)23-9-7-21(14-24,8-10-23)13-16-5-4-6-17(11-16)26-3/h4-6,11,15,19,24H,7-10,12-14H2,1-3H3. The molecule has 6 heteroatoms. The lowest BCUT2D eigenvalue weighted by molar-refractivity contribution is -0.145. The number of likely N-dealkylation sites (tertiary alicyclic amines) is 1. The van der Waals surface area contributed by atoms with E-state index in [1.807, 2.05) is 23.1 Å². The number of ether oxygens (including phenoxy) is 1. The van der Waals surface area contributed by atoms with Gasteiger partial charge in [0.25, 0.3) is 5.91 Å². The van der Waals surface area contributed by atoms with Gasteiger partial charge in [0.1, 0.15) is 5.75 Å². The van der Waals surface area contributed by atoms with Crippen LogP contribution >= 0.6 is 0 Å². The molecule has 0 aromatic heterocycles. The predicted molar refractivity (Wildman–Crippen MR) is 104 cm³/mol. The first kappa shape index (κ1) is 19.7. The predicted octanol–water partition coefficient (Wildman–Crippen LogP) is 2.64. The molecule has 0 bridgehead atoms. The van der Waals surface area contributed by atoms with Gasteiger partial charge < -0.3 is 19.6 Å². The quantitative estimate of drug-likeness (QED) is 0.831. The number of aliphatic hydroxyl groups is 1. The molecule has 1 fully saturated rings. The lowest BCUT2D eigenvalue weighted by Crippen LogP contribution is -2.48. The van der Waals surface area contributed by atoms with E-state index in [-0.39, 0.29) is 17.9 Å². The van der Waals surface area contributed by atoms with Gasteiger partial charge in [0, 0.05) is 31.5 Å². The fraction of sp³-hybridized carbons (Fsp3) is 0.619. The molecule has 3 rings (SSSR count). The minimum atomic E-state index is -0.484. The van der Waals surface area contributed by atoms with Crippen molar-refractivity contribution in [1.82, 2.24) is 4.90 Å². The topological polar surface area (TPSA) is 71.4 Å². The molecule has 1 aromatic rings. The van der Waals surface area contributed by atoms with Crippen molar-refractivity contribution in [2.45, 2.75) is 45.6 Å². The van der Waals surface area contributed by atoms with E-state index in [1.54, 1.807) is 7.11 Å². The molecule has 0 spiro atoms. The van der Waals surface area contributed by atoms with E-state index in [1.165, 1.54) is 0 Å². The Morgan fingerprint density at radius 1 is 1.41 bits per heavy atom. The minimum Gasteiger partial charge on any atom is -0.497 e. The summed E-state index contributed by atoms with van der Waals surface area (Å²) in [5.41, 5.74) is 1.91. The molecule has 1 unspecified atom stereocenters. The van der Waals surface area contributed by atoms with E-state index in [4.69, 9.17) is 9.57 Å². The molecule has 2 heterocycles. The number of carbonyl (C=O) groups excluding carboxylic acids is 1. The molecular weight excluding hydrogens is 344 g/mol. The van der Waals surface area contributed by atoms with Gasteiger partial charge in [-0.2, -0.15) is 0 Å². The second-order valence-corrected chi connectivity index (χ2v) is 8.05. The number of aliphatic hydroxyl groups excluding tert-OH is 1. The maximum atomic E-state index is 12.8. The summed E-state index contributed by atoms with van der Waals surface area (Å²) in [7, 11) is 1.66. The van der Waals surface area contributed by atoms with Gasteiger partial charge in [0.15, 0.2) is 0 Å². The molecule has 0 aliphatic carbocycles. The Morgan fingerprint density at radius 3 is 2.74 bits per heavy atom. The number of nitrogens with zero attached hydrogens (tertiary/aromatic N) is 2. The molecule has 1 N–H and O–H groups in total. The normalized spacial score (nSPS) is 21.7. The molecule has 0 saturated carbocycles. The molecular formula is C21H30N2O4. The molecule has 1 atom stereocenters. The van der Waals surface area contributed by atoms with Crippen molar-refractivity contribution in [1.29, 1.82) is 0 Å². The average Bonchev–Trinajstić information content (AvgIpc) is 3.19. The second-order valence-electron chi connectivity index (χ2n) is 8.05. The monoisotopic (exact) mass is 374 g/mol. The van der Waals surface area contributed by atoms with Crippen LogP contribution in [0.3, 0.4) is 0 Å². The number of methoxy groups -OCH3 is 1. The highest BCUT2D eigenvalue weighted by Crippen LogP contribution is 2.36. The van der Waals surface area contributed by atoms with Gasteiger partial charge in [-0.1, -0.05) is 31.1 Å². The smallest absolute Gasteiger partial charge is 0.266 e. The van der Waals surface area contributed by atoms with E-state index in [0.29, 0.717) is 25.4 Å². The largest absolute Gasteiger partial charge is 0.497 e. The van der Waals surface area contributed by atoms with E-state index in [2.05, 4.69) is 25.1 Å². The Bertz CT molecular complexity index is 693. The number of carbonyl (C=O) groups is 1. The SMILES string of the molecule is COc1cccc(CC2(CO)CCN(C(=O)C3CC(C(C)C)=NO3)CC2)c1. The maximum absolute atomic E-state index is 12.8. The van der Waals surface area contributed by atoms with Crippen LogP contribution in [0, 0.1) is 11.3 Å². The minimum absolute atomic E-state index is 0.0160. The Kier molecular flexibility index (Phi) is 6.05. The Labute approximate surface area is 161 Å². The Hall–Kier alpha value is -2.08. The summed E-state index contributed by atoms with van der Waals surface area (Å²) in [6.07, 6.45) is 2.43. The first-order valence-corrected chi connectivity index (χ1v) is 9.71. The molecule has 148 valence electrons. The third-order valence-electron chi connectivity index (χ3n) is 5.82. The number of piperidine rings is 1. The molecule has 1 aromatic carbocycles. The Balaban J connectivity index is 1.58. The van der Waals surface area contributed by atoms with E-state index in [9.17, 15) is 9.90 Å². The van der Waals surface area contributed by atoms with Gasteiger partial charge in [0.05, 0.1) is 12.8 Å². The van der Waals surface area contributed by atoms with Crippen LogP contribution in [0.5, 0.6) is 5.75 Å². The van der Waals surface area contributed by atoms with Crippen LogP contribution < -0.4 is 4.74 Å². The molecule has 1 amide bonds. The molecule has 0 radical (unpaired) electrons. The van der Waals surface area contributed by atoms with E-state index >= 15 is 0 Å². The van der Waals surface area contributed by atoms with Crippen LogP contribution in [-0.2, 0) is 16.1 Å². The summed E-state index contributed by atoms with van der Waals surface area (Å²) >= 11 is 0. The average molecular weight is 374 g/mol. The molecule has 27 heavy (non-hydrogen) atoms. The molecule has 1 saturated heterocycles. The summed E-state index contributed by atoms with van der Waals surface area (Å²) in [6, 6.07) is 7.98. The lowest BCUT2D eigenvalue weighted by Gasteiger charge is -2.41. The van der Waals surface area contributed by atoms with Crippen LogP contribution in [0.4, 0.5) is 0 Å². The fourth-order valence-electron chi connectivity index (χ4n) is 3.88. The number of benzene rings is 1. The highest BCUT2D eigenvalue weighted by molar-refractivity contribution is 5.93. The lowest BCUT2D eigenvalue weighted by atomic mass is 9.74. The second kappa shape index (κ2) is 8.30. The number of amides is 1. The number of oxime groups is 1. The summed E-state index contributed by atoms with van der Waals surface area (Å²) < 4.78 is 5.30. The van der Waals surface area contributed by atoms with Crippen molar-refractivity contribution < 1.29 is 19.5 Å². The highest BCUT2D eigenvalue weighted by Gasteiger charge is 2.39. The van der Waals surface area contributed by atoms with Gasteiger partial charge in [-0.25, -0.2) is 0 Å². The zero-order valence-electron chi connectivity index (χ0n) is 16.5. The van der Waals surface area contributed by atoms with Gasteiger partial charge in [-0.05, 0) is 42.9 Å². The summed E-state index contributed by atoms with van der Waals surface area (Å²) in [6.45, 7) is 5.52. The van der Waals surface area contributed by atoms with Crippen molar-refractivity contribution in [2.24, 2.45) is 16.5 Å². The van der Waals surface area contributed by atoms with Crippen LogP contribution in [0.1, 0.15) is 38.7 Å². The molecule has 6 nitrogen and oxygen atoms in total. The summed E-state index contributed by atoms with van der Waals surface area (Å²) in [4.78, 5) is 20.0. The van der Waals surface area contributed by atoms with Gasteiger partial charge in [-0.15, -0.1) is 0 Å². The van der Waals surface area contributed by atoms with Gasteiger partial charge in [-0.3, -0.25) is 4.79 Å².